The second kappa shape index (κ2) is 7.86. The molecule has 0 saturated heterocycles. The van der Waals surface area contributed by atoms with Crippen LogP contribution in [0.4, 0.5) is 13.2 Å². The van der Waals surface area contributed by atoms with E-state index in [1.54, 1.807) is 6.07 Å². The highest BCUT2D eigenvalue weighted by molar-refractivity contribution is 6.31. The van der Waals surface area contributed by atoms with Gasteiger partial charge in [-0.3, -0.25) is 0 Å². The van der Waals surface area contributed by atoms with Crippen molar-refractivity contribution in [2.24, 2.45) is 0 Å². The fraction of sp³-hybridized carbons (Fsp3) is 0. The first-order valence-electron chi connectivity index (χ1n) is 9.70. The molecule has 4 nitrogen and oxygen atoms in total. The van der Waals surface area contributed by atoms with Gasteiger partial charge in [0.05, 0.1) is 33.0 Å². The minimum Gasteiger partial charge on any atom is -0.478 e. The van der Waals surface area contributed by atoms with Crippen molar-refractivity contribution in [2.75, 3.05) is 0 Å². The van der Waals surface area contributed by atoms with Crippen molar-refractivity contribution in [3.8, 4) is 22.5 Å². The average Bonchev–Trinajstić information content (AvgIpc) is 2.79. The number of nitrogens with zero attached hydrogens (tertiary/aromatic N) is 2. The number of carboxylic acid groups (broad SMARTS) is 1. The number of hydrogen-bond donors (Lipinski definition) is 1. The quantitative estimate of drug-likeness (QED) is 0.316. The van der Waals surface area contributed by atoms with Crippen LogP contribution in [0.1, 0.15) is 10.4 Å². The summed E-state index contributed by atoms with van der Waals surface area (Å²) in [5.74, 6) is -2.95. The Morgan fingerprint density at radius 1 is 0.758 bits per heavy atom. The predicted molar refractivity (Wildman–Crippen MR) is 120 cm³/mol. The van der Waals surface area contributed by atoms with Crippen molar-refractivity contribution in [1.82, 2.24) is 9.97 Å². The van der Waals surface area contributed by atoms with Crippen LogP contribution in [0.2, 0.25) is 5.02 Å². The molecular weight excluding hydrogens is 453 g/mol. The lowest BCUT2D eigenvalue weighted by Gasteiger charge is -2.12. The SMILES string of the molecule is O=C(O)c1cc(-c2cc(-c3ccc(F)c(Cl)c3)nc3ccc(F)cc23)nc2ccc(F)cc12. The molecule has 0 aliphatic heterocycles. The Bertz CT molecular complexity index is 1600. The first kappa shape index (κ1) is 20.9. The number of carbonyl (C=O) groups is 1. The molecule has 0 atom stereocenters. The summed E-state index contributed by atoms with van der Waals surface area (Å²) in [7, 11) is 0. The van der Waals surface area contributed by atoms with Gasteiger partial charge < -0.3 is 5.11 Å². The van der Waals surface area contributed by atoms with Crippen LogP contribution >= 0.6 is 11.6 Å². The van der Waals surface area contributed by atoms with E-state index in [1.165, 1.54) is 54.6 Å². The normalized spacial score (nSPS) is 11.3. The van der Waals surface area contributed by atoms with Gasteiger partial charge in [0.15, 0.2) is 0 Å². The number of aromatic carboxylic acids is 1. The predicted octanol–water partition coefficient (Wildman–Crippen LogP) is 6.89. The van der Waals surface area contributed by atoms with E-state index in [2.05, 4.69) is 9.97 Å². The van der Waals surface area contributed by atoms with Crippen molar-refractivity contribution in [3.63, 3.8) is 0 Å². The Kier molecular flexibility index (Phi) is 4.98. The molecule has 1 N–H and O–H groups in total. The Morgan fingerprint density at radius 2 is 1.39 bits per heavy atom. The summed E-state index contributed by atoms with van der Waals surface area (Å²) < 4.78 is 41.5. The lowest BCUT2D eigenvalue weighted by Crippen LogP contribution is -2.01. The van der Waals surface area contributed by atoms with Gasteiger partial charge >= 0.3 is 5.97 Å². The van der Waals surface area contributed by atoms with Crippen LogP contribution in [-0.2, 0) is 0 Å². The number of fused-ring (bicyclic) bond motifs is 2. The molecule has 5 aromatic rings. The number of pyridine rings is 2. The molecule has 0 saturated carbocycles. The van der Waals surface area contributed by atoms with E-state index in [0.717, 1.165) is 6.07 Å². The maximum absolute atomic E-state index is 14.1. The molecule has 8 heteroatoms. The van der Waals surface area contributed by atoms with Gasteiger partial charge in [-0.1, -0.05) is 11.6 Å². The largest absolute Gasteiger partial charge is 0.478 e. The summed E-state index contributed by atoms with van der Waals surface area (Å²) in [6.07, 6.45) is 0. The summed E-state index contributed by atoms with van der Waals surface area (Å²) >= 11 is 5.93. The van der Waals surface area contributed by atoms with E-state index in [-0.39, 0.29) is 27.2 Å². The van der Waals surface area contributed by atoms with E-state index in [4.69, 9.17) is 11.6 Å². The third-order valence-electron chi connectivity index (χ3n) is 5.26. The van der Waals surface area contributed by atoms with Crippen molar-refractivity contribution in [3.05, 3.63) is 94.8 Å². The molecule has 5 rings (SSSR count). The molecular formula is C25H12ClF3N2O2. The topological polar surface area (TPSA) is 63.1 Å². The second-order valence-electron chi connectivity index (χ2n) is 7.37. The molecule has 2 heterocycles. The van der Waals surface area contributed by atoms with Crippen LogP contribution in [0.5, 0.6) is 0 Å². The molecule has 0 aliphatic carbocycles. The fourth-order valence-corrected chi connectivity index (χ4v) is 3.91. The van der Waals surface area contributed by atoms with Crippen molar-refractivity contribution in [2.45, 2.75) is 0 Å². The van der Waals surface area contributed by atoms with Crippen molar-refractivity contribution >= 4 is 39.4 Å². The smallest absolute Gasteiger partial charge is 0.336 e. The molecule has 0 amide bonds. The number of aromatic nitrogens is 2. The zero-order valence-electron chi connectivity index (χ0n) is 16.6. The zero-order valence-corrected chi connectivity index (χ0v) is 17.4. The number of carboxylic acids is 1. The average molecular weight is 465 g/mol. The highest BCUT2D eigenvalue weighted by Crippen LogP contribution is 2.34. The highest BCUT2D eigenvalue weighted by Gasteiger charge is 2.17. The Hall–Kier alpha value is -3.97. The van der Waals surface area contributed by atoms with Gasteiger partial charge in [-0.05, 0) is 66.7 Å². The van der Waals surface area contributed by atoms with E-state index in [9.17, 15) is 23.1 Å². The van der Waals surface area contributed by atoms with Gasteiger partial charge in [0.25, 0.3) is 0 Å². The van der Waals surface area contributed by atoms with Gasteiger partial charge in [-0.15, -0.1) is 0 Å². The van der Waals surface area contributed by atoms with Crippen molar-refractivity contribution in [1.29, 1.82) is 0 Å². The van der Waals surface area contributed by atoms with Gasteiger partial charge in [0.1, 0.15) is 17.5 Å². The third kappa shape index (κ3) is 3.76. The van der Waals surface area contributed by atoms with E-state index >= 15 is 0 Å². The molecule has 162 valence electrons. The van der Waals surface area contributed by atoms with Crippen LogP contribution < -0.4 is 0 Å². The molecule has 0 unspecified atom stereocenters. The van der Waals surface area contributed by atoms with E-state index < -0.39 is 23.4 Å². The van der Waals surface area contributed by atoms with Gasteiger partial charge in [-0.2, -0.15) is 0 Å². The summed E-state index contributed by atoms with van der Waals surface area (Å²) in [6.45, 7) is 0. The van der Waals surface area contributed by atoms with Crippen LogP contribution in [-0.4, -0.2) is 21.0 Å². The lowest BCUT2D eigenvalue weighted by molar-refractivity contribution is 0.0699. The number of rotatable bonds is 3. The fourth-order valence-electron chi connectivity index (χ4n) is 3.73. The number of hydrogen-bond acceptors (Lipinski definition) is 3. The second-order valence-corrected chi connectivity index (χ2v) is 7.77. The standard InChI is InChI=1S/C25H12ClF3N2O2/c26-19-7-12(1-4-20(19)29)23-10-17(15-8-13(27)2-5-21(15)30-23)24-11-18(25(32)33)16-9-14(28)3-6-22(16)31-24/h1-11H,(H,32,33). The van der Waals surface area contributed by atoms with Crippen LogP contribution in [0, 0.1) is 17.5 Å². The first-order valence-corrected chi connectivity index (χ1v) is 10.1. The Labute approximate surface area is 189 Å². The van der Waals surface area contributed by atoms with Crippen molar-refractivity contribution < 1.29 is 23.1 Å². The highest BCUT2D eigenvalue weighted by atomic mass is 35.5. The monoisotopic (exact) mass is 464 g/mol. The Balaban J connectivity index is 1.84. The molecule has 33 heavy (non-hydrogen) atoms. The molecule has 0 fully saturated rings. The molecule has 2 aromatic heterocycles. The Morgan fingerprint density at radius 3 is 2.06 bits per heavy atom. The van der Waals surface area contributed by atoms with E-state index in [0.29, 0.717) is 27.7 Å². The molecule has 0 radical (unpaired) electrons. The maximum atomic E-state index is 14.1. The first-order chi connectivity index (χ1) is 15.8. The van der Waals surface area contributed by atoms with Gasteiger partial charge in [0.2, 0.25) is 0 Å². The minimum atomic E-state index is -1.26. The molecule has 0 spiro atoms. The van der Waals surface area contributed by atoms with E-state index in [1.807, 2.05) is 0 Å². The van der Waals surface area contributed by atoms with Crippen LogP contribution in [0.15, 0.2) is 66.7 Å². The minimum absolute atomic E-state index is 0.0888. The number of benzene rings is 3. The lowest BCUT2D eigenvalue weighted by atomic mass is 9.99. The van der Waals surface area contributed by atoms with Crippen LogP contribution in [0.25, 0.3) is 44.3 Å². The molecule has 0 aliphatic rings. The summed E-state index contributed by atoms with van der Waals surface area (Å²) in [6, 6.07) is 14.7. The zero-order chi connectivity index (χ0) is 23.3. The summed E-state index contributed by atoms with van der Waals surface area (Å²) in [5, 5.41) is 10.2. The molecule has 3 aromatic carbocycles. The van der Waals surface area contributed by atoms with Gasteiger partial charge in [-0.25, -0.2) is 27.9 Å². The molecule has 0 bridgehead atoms. The summed E-state index contributed by atoms with van der Waals surface area (Å²) in [5.41, 5.74) is 2.09. The van der Waals surface area contributed by atoms with Crippen LogP contribution in [0.3, 0.4) is 0 Å². The number of halogens is 4. The third-order valence-corrected chi connectivity index (χ3v) is 5.55. The summed E-state index contributed by atoms with van der Waals surface area (Å²) in [4.78, 5) is 21.0. The maximum Gasteiger partial charge on any atom is 0.336 e. The van der Waals surface area contributed by atoms with Gasteiger partial charge in [0, 0.05) is 21.9 Å².